The maximum Gasteiger partial charge on any atom is 0.258 e. The summed E-state index contributed by atoms with van der Waals surface area (Å²) < 4.78 is 18.3. The van der Waals surface area contributed by atoms with Gasteiger partial charge in [-0.3, -0.25) is 9.59 Å². The molecule has 0 saturated heterocycles. The molecule has 2 N–H and O–H groups in total. The lowest BCUT2D eigenvalue weighted by Gasteiger charge is -2.08. The minimum absolute atomic E-state index is 0.0954. The number of amides is 2. The molecule has 0 bridgehead atoms. The minimum Gasteiger partial charge on any atom is -0.484 e. The Labute approximate surface area is 133 Å². The fourth-order valence-corrected chi connectivity index (χ4v) is 1.83. The first kappa shape index (κ1) is 16.5. The maximum atomic E-state index is 13.0. The number of halogens is 1. The number of benzene rings is 2. The van der Waals surface area contributed by atoms with Gasteiger partial charge in [0.2, 0.25) is 0 Å². The monoisotopic (exact) mass is 316 g/mol. The van der Waals surface area contributed by atoms with Crippen LogP contribution in [0.4, 0.5) is 4.39 Å². The molecule has 0 unspecified atom stereocenters. The third kappa shape index (κ3) is 5.78. The summed E-state index contributed by atoms with van der Waals surface area (Å²) in [5.41, 5.74) is 0.240. The van der Waals surface area contributed by atoms with Crippen molar-refractivity contribution in [1.82, 2.24) is 10.6 Å². The predicted molar refractivity (Wildman–Crippen MR) is 83.7 cm³/mol. The highest BCUT2D eigenvalue weighted by atomic mass is 19.1. The Morgan fingerprint density at radius 2 is 1.70 bits per heavy atom. The number of rotatable bonds is 7. The normalized spacial score (nSPS) is 9.96. The Bertz CT molecular complexity index is 662. The zero-order valence-corrected chi connectivity index (χ0v) is 12.4. The molecular weight excluding hydrogens is 299 g/mol. The largest absolute Gasteiger partial charge is 0.484 e. The third-order valence-electron chi connectivity index (χ3n) is 2.93. The maximum absolute atomic E-state index is 13.0. The van der Waals surface area contributed by atoms with Crippen LogP contribution in [0, 0.1) is 5.82 Å². The van der Waals surface area contributed by atoms with Gasteiger partial charge in [-0.05, 0) is 30.3 Å². The summed E-state index contributed by atoms with van der Waals surface area (Å²) in [7, 11) is 0. The van der Waals surface area contributed by atoms with E-state index in [4.69, 9.17) is 4.74 Å². The molecule has 2 rings (SSSR count). The first-order valence-electron chi connectivity index (χ1n) is 7.13. The summed E-state index contributed by atoms with van der Waals surface area (Å²) in [6.07, 6.45) is 0. The fourth-order valence-electron chi connectivity index (χ4n) is 1.83. The molecule has 0 aliphatic rings. The molecule has 6 heteroatoms. The average molecular weight is 316 g/mol. The van der Waals surface area contributed by atoms with Crippen LogP contribution in [0.5, 0.6) is 5.75 Å². The summed E-state index contributed by atoms with van der Waals surface area (Å²) in [5, 5.41) is 5.21. The second-order valence-electron chi connectivity index (χ2n) is 4.72. The molecule has 0 aromatic heterocycles. The highest BCUT2D eigenvalue weighted by molar-refractivity contribution is 5.94. The molecule has 23 heavy (non-hydrogen) atoms. The van der Waals surface area contributed by atoms with E-state index in [-0.39, 0.29) is 37.1 Å². The van der Waals surface area contributed by atoms with Gasteiger partial charge in [-0.25, -0.2) is 4.39 Å². The Kier molecular flexibility index (Phi) is 6.11. The molecule has 2 aromatic rings. The van der Waals surface area contributed by atoms with E-state index in [0.29, 0.717) is 5.75 Å². The van der Waals surface area contributed by atoms with E-state index >= 15 is 0 Å². The van der Waals surface area contributed by atoms with Crippen LogP contribution in [0.3, 0.4) is 0 Å². The SMILES string of the molecule is O=C(COc1ccccc1)NCCNC(=O)c1cccc(F)c1. The Balaban J connectivity index is 1.63. The van der Waals surface area contributed by atoms with Gasteiger partial charge in [-0.15, -0.1) is 0 Å². The van der Waals surface area contributed by atoms with Crippen molar-refractivity contribution < 1.29 is 18.7 Å². The number of carbonyl (C=O) groups excluding carboxylic acids is 2. The molecular formula is C17H17FN2O3. The van der Waals surface area contributed by atoms with Crippen LogP contribution in [-0.4, -0.2) is 31.5 Å². The van der Waals surface area contributed by atoms with E-state index in [0.717, 1.165) is 6.07 Å². The number of nitrogens with one attached hydrogen (secondary N) is 2. The van der Waals surface area contributed by atoms with E-state index in [9.17, 15) is 14.0 Å². The van der Waals surface area contributed by atoms with Crippen LogP contribution in [0.25, 0.3) is 0 Å². The standard InChI is InChI=1S/C17H17FN2O3/c18-14-6-4-5-13(11-14)17(22)20-10-9-19-16(21)12-23-15-7-2-1-3-8-15/h1-8,11H,9-10,12H2,(H,19,21)(H,20,22). The van der Waals surface area contributed by atoms with Gasteiger partial charge in [0.15, 0.2) is 6.61 Å². The first-order chi connectivity index (χ1) is 11.1. The second-order valence-corrected chi connectivity index (χ2v) is 4.72. The Morgan fingerprint density at radius 1 is 0.957 bits per heavy atom. The lowest BCUT2D eigenvalue weighted by Crippen LogP contribution is -2.36. The summed E-state index contributed by atoms with van der Waals surface area (Å²) in [4.78, 5) is 23.3. The van der Waals surface area contributed by atoms with Crippen molar-refractivity contribution in [2.24, 2.45) is 0 Å². The van der Waals surface area contributed by atoms with E-state index < -0.39 is 5.82 Å². The topological polar surface area (TPSA) is 67.4 Å². The lowest BCUT2D eigenvalue weighted by atomic mass is 10.2. The Hall–Kier alpha value is -2.89. The second kappa shape index (κ2) is 8.53. The summed E-state index contributed by atoms with van der Waals surface area (Å²) in [6, 6.07) is 14.4. The van der Waals surface area contributed by atoms with Gasteiger partial charge in [0, 0.05) is 18.7 Å². The van der Waals surface area contributed by atoms with Crippen molar-refractivity contribution >= 4 is 11.8 Å². The lowest BCUT2D eigenvalue weighted by molar-refractivity contribution is -0.123. The minimum atomic E-state index is -0.469. The van der Waals surface area contributed by atoms with Crippen molar-refractivity contribution in [3.63, 3.8) is 0 Å². The van der Waals surface area contributed by atoms with Gasteiger partial charge in [0.05, 0.1) is 0 Å². The number of carbonyl (C=O) groups is 2. The fraction of sp³-hybridized carbons (Fsp3) is 0.176. The average Bonchev–Trinajstić information content (AvgIpc) is 2.57. The molecule has 0 aliphatic carbocycles. The first-order valence-corrected chi connectivity index (χ1v) is 7.13. The van der Waals surface area contributed by atoms with Gasteiger partial charge < -0.3 is 15.4 Å². The van der Waals surface area contributed by atoms with Crippen molar-refractivity contribution in [3.8, 4) is 5.75 Å². The van der Waals surface area contributed by atoms with Gasteiger partial charge in [0.25, 0.3) is 11.8 Å². The molecule has 0 aliphatic heterocycles. The molecule has 0 spiro atoms. The van der Waals surface area contributed by atoms with Crippen molar-refractivity contribution in [2.45, 2.75) is 0 Å². The van der Waals surface area contributed by atoms with Gasteiger partial charge in [-0.2, -0.15) is 0 Å². The number of hydrogen-bond donors (Lipinski definition) is 2. The van der Waals surface area contributed by atoms with E-state index in [1.165, 1.54) is 18.2 Å². The van der Waals surface area contributed by atoms with E-state index in [1.807, 2.05) is 18.2 Å². The number of para-hydroxylation sites is 1. The highest BCUT2D eigenvalue weighted by Gasteiger charge is 2.06. The van der Waals surface area contributed by atoms with Crippen LogP contribution >= 0.6 is 0 Å². The van der Waals surface area contributed by atoms with E-state index in [2.05, 4.69) is 10.6 Å². The molecule has 0 atom stereocenters. The van der Waals surface area contributed by atoms with Crippen molar-refractivity contribution in [1.29, 1.82) is 0 Å². The summed E-state index contributed by atoms with van der Waals surface area (Å²) >= 11 is 0. The van der Waals surface area contributed by atoms with Gasteiger partial charge >= 0.3 is 0 Å². The van der Waals surface area contributed by atoms with Crippen molar-refractivity contribution in [2.75, 3.05) is 19.7 Å². The zero-order chi connectivity index (χ0) is 16.5. The molecule has 5 nitrogen and oxygen atoms in total. The molecule has 2 amide bonds. The van der Waals surface area contributed by atoms with Gasteiger partial charge in [-0.1, -0.05) is 24.3 Å². The molecule has 0 radical (unpaired) electrons. The number of ether oxygens (including phenoxy) is 1. The van der Waals surface area contributed by atoms with Crippen LogP contribution < -0.4 is 15.4 Å². The smallest absolute Gasteiger partial charge is 0.258 e. The van der Waals surface area contributed by atoms with Crippen LogP contribution in [-0.2, 0) is 4.79 Å². The molecule has 0 fully saturated rings. The quantitative estimate of drug-likeness (QED) is 0.765. The van der Waals surface area contributed by atoms with Crippen LogP contribution in [0.2, 0.25) is 0 Å². The van der Waals surface area contributed by atoms with Crippen LogP contribution in [0.15, 0.2) is 54.6 Å². The van der Waals surface area contributed by atoms with Crippen LogP contribution in [0.1, 0.15) is 10.4 Å². The van der Waals surface area contributed by atoms with Crippen molar-refractivity contribution in [3.05, 3.63) is 66.0 Å². The van der Waals surface area contributed by atoms with E-state index in [1.54, 1.807) is 12.1 Å². The summed E-state index contributed by atoms with van der Waals surface area (Å²) in [6.45, 7) is 0.409. The Morgan fingerprint density at radius 3 is 2.43 bits per heavy atom. The predicted octanol–water partition coefficient (Wildman–Crippen LogP) is 1.75. The molecule has 120 valence electrons. The zero-order valence-electron chi connectivity index (χ0n) is 12.4. The van der Waals surface area contributed by atoms with Gasteiger partial charge in [0.1, 0.15) is 11.6 Å². The number of hydrogen-bond acceptors (Lipinski definition) is 3. The molecule has 0 saturated carbocycles. The molecule has 0 heterocycles. The summed E-state index contributed by atoms with van der Waals surface area (Å²) in [5.74, 6) is -0.529. The third-order valence-corrected chi connectivity index (χ3v) is 2.93. The highest BCUT2D eigenvalue weighted by Crippen LogP contribution is 2.07. The molecule has 2 aromatic carbocycles.